The van der Waals surface area contributed by atoms with Crippen LogP contribution in [0.2, 0.25) is 0 Å². The molecule has 2 aromatic rings. The predicted octanol–water partition coefficient (Wildman–Crippen LogP) is 2.84. The van der Waals surface area contributed by atoms with E-state index in [1.807, 2.05) is 44.2 Å². The Morgan fingerprint density at radius 3 is 2.18 bits per heavy atom. The number of amides is 2. The molecule has 9 heteroatoms. The van der Waals surface area contributed by atoms with E-state index in [1.54, 1.807) is 31.2 Å². The van der Waals surface area contributed by atoms with Gasteiger partial charge in [-0.2, -0.15) is 0 Å². The van der Waals surface area contributed by atoms with Gasteiger partial charge in [0.15, 0.2) is 0 Å². The normalized spacial score (nSPS) is 13.0. The van der Waals surface area contributed by atoms with Crippen LogP contribution in [-0.2, 0) is 26.0 Å². The van der Waals surface area contributed by atoms with E-state index in [1.165, 1.54) is 12.0 Å². The van der Waals surface area contributed by atoms with Gasteiger partial charge in [0.2, 0.25) is 21.8 Å². The number of methoxy groups -OCH3 is 1. The average Bonchev–Trinajstić information content (AvgIpc) is 2.82. The molecule has 0 radical (unpaired) electrons. The van der Waals surface area contributed by atoms with Crippen molar-refractivity contribution in [2.24, 2.45) is 0 Å². The Bertz CT molecular complexity index is 1040. The standard InChI is InChI=1S/C25H35N3O5S/c1-6-19(2)26-25(30)20(3)27(17-16-21-10-8-7-9-11-21)24(29)18-28(34(5,31)32)22-12-14-23(33-4)15-13-22/h7-15,19-20H,6,16-18H2,1-5H3,(H,26,30)/t19-,20-/m1/s1. The Morgan fingerprint density at radius 2 is 1.65 bits per heavy atom. The maximum atomic E-state index is 13.4. The fourth-order valence-electron chi connectivity index (χ4n) is 3.40. The zero-order valence-corrected chi connectivity index (χ0v) is 21.3. The van der Waals surface area contributed by atoms with Gasteiger partial charge in [-0.25, -0.2) is 8.42 Å². The Hall–Kier alpha value is -3.07. The van der Waals surface area contributed by atoms with Crippen molar-refractivity contribution in [2.75, 3.05) is 30.8 Å². The van der Waals surface area contributed by atoms with Gasteiger partial charge in [-0.3, -0.25) is 13.9 Å². The molecule has 2 amide bonds. The molecule has 0 aromatic heterocycles. The molecule has 0 unspecified atom stereocenters. The molecule has 0 saturated heterocycles. The number of anilines is 1. The smallest absolute Gasteiger partial charge is 0.244 e. The number of hydrogen-bond donors (Lipinski definition) is 1. The first-order valence-electron chi connectivity index (χ1n) is 11.3. The van der Waals surface area contributed by atoms with E-state index < -0.39 is 28.5 Å². The zero-order valence-electron chi connectivity index (χ0n) is 20.5. The number of rotatable bonds is 12. The van der Waals surface area contributed by atoms with Crippen molar-refractivity contribution in [3.05, 3.63) is 60.2 Å². The zero-order chi connectivity index (χ0) is 25.3. The van der Waals surface area contributed by atoms with Crippen molar-refractivity contribution in [2.45, 2.75) is 45.7 Å². The van der Waals surface area contributed by atoms with Crippen LogP contribution in [0, 0.1) is 0 Å². The van der Waals surface area contributed by atoms with Gasteiger partial charge in [-0.05, 0) is 56.5 Å². The van der Waals surface area contributed by atoms with Gasteiger partial charge in [0.05, 0.1) is 19.1 Å². The van der Waals surface area contributed by atoms with E-state index in [4.69, 9.17) is 4.74 Å². The van der Waals surface area contributed by atoms with Crippen LogP contribution in [0.1, 0.15) is 32.8 Å². The Morgan fingerprint density at radius 1 is 1.03 bits per heavy atom. The van der Waals surface area contributed by atoms with Crippen molar-refractivity contribution in [1.82, 2.24) is 10.2 Å². The van der Waals surface area contributed by atoms with E-state index >= 15 is 0 Å². The maximum absolute atomic E-state index is 13.4. The van der Waals surface area contributed by atoms with Crippen LogP contribution in [0.3, 0.4) is 0 Å². The molecule has 8 nitrogen and oxygen atoms in total. The third-order valence-corrected chi connectivity index (χ3v) is 6.83. The van der Waals surface area contributed by atoms with Crippen molar-refractivity contribution < 1.29 is 22.7 Å². The molecular weight excluding hydrogens is 454 g/mol. The minimum atomic E-state index is -3.76. The summed E-state index contributed by atoms with van der Waals surface area (Å²) < 4.78 is 31.3. The Kier molecular flexibility index (Phi) is 9.92. The predicted molar refractivity (Wildman–Crippen MR) is 134 cm³/mol. The summed E-state index contributed by atoms with van der Waals surface area (Å²) in [4.78, 5) is 27.7. The van der Waals surface area contributed by atoms with Crippen LogP contribution in [0.5, 0.6) is 5.75 Å². The second kappa shape index (κ2) is 12.4. The quantitative estimate of drug-likeness (QED) is 0.495. The van der Waals surface area contributed by atoms with E-state index in [2.05, 4.69) is 5.32 Å². The summed E-state index contributed by atoms with van der Waals surface area (Å²) in [5.74, 6) is -0.154. The molecule has 34 heavy (non-hydrogen) atoms. The summed E-state index contributed by atoms with van der Waals surface area (Å²) in [6.07, 6.45) is 2.35. The molecule has 2 atom stereocenters. The highest BCUT2D eigenvalue weighted by Crippen LogP contribution is 2.22. The topological polar surface area (TPSA) is 96.0 Å². The highest BCUT2D eigenvalue weighted by atomic mass is 32.2. The van der Waals surface area contributed by atoms with Crippen molar-refractivity contribution in [3.8, 4) is 5.75 Å². The maximum Gasteiger partial charge on any atom is 0.244 e. The van der Waals surface area contributed by atoms with E-state index in [0.717, 1.165) is 22.5 Å². The number of nitrogens with zero attached hydrogens (tertiary/aromatic N) is 2. The van der Waals surface area contributed by atoms with Crippen LogP contribution in [0.4, 0.5) is 5.69 Å². The third kappa shape index (κ3) is 7.76. The number of sulfonamides is 1. The number of carbonyl (C=O) groups is 2. The summed E-state index contributed by atoms with van der Waals surface area (Å²) in [7, 11) is -2.24. The number of hydrogen-bond acceptors (Lipinski definition) is 5. The third-order valence-electron chi connectivity index (χ3n) is 5.69. The molecule has 0 saturated carbocycles. The van der Waals surface area contributed by atoms with Crippen molar-refractivity contribution >= 4 is 27.5 Å². The lowest BCUT2D eigenvalue weighted by Gasteiger charge is -2.32. The fraction of sp³-hybridized carbons (Fsp3) is 0.440. The van der Waals surface area contributed by atoms with Gasteiger partial charge in [0.1, 0.15) is 18.3 Å². The second-order valence-corrected chi connectivity index (χ2v) is 10.2. The SMILES string of the molecule is CC[C@@H](C)NC(=O)[C@@H](C)N(CCc1ccccc1)C(=O)CN(c1ccc(OC)cc1)S(C)(=O)=O. The molecule has 0 bridgehead atoms. The van der Waals surface area contributed by atoms with E-state index in [-0.39, 0.29) is 18.5 Å². The monoisotopic (exact) mass is 489 g/mol. The summed E-state index contributed by atoms with van der Waals surface area (Å²) in [6, 6.07) is 15.3. The van der Waals surface area contributed by atoms with Crippen molar-refractivity contribution in [3.63, 3.8) is 0 Å². The fourth-order valence-corrected chi connectivity index (χ4v) is 4.25. The number of benzene rings is 2. The molecule has 0 spiro atoms. The van der Waals surface area contributed by atoms with Crippen LogP contribution >= 0.6 is 0 Å². The van der Waals surface area contributed by atoms with Crippen LogP contribution in [0.25, 0.3) is 0 Å². The summed E-state index contributed by atoms with van der Waals surface area (Å²) in [6.45, 7) is 5.39. The number of nitrogens with one attached hydrogen (secondary N) is 1. The number of ether oxygens (including phenoxy) is 1. The molecule has 2 aromatic carbocycles. The molecule has 0 aliphatic carbocycles. The molecule has 2 rings (SSSR count). The Labute approximate surface area is 202 Å². The molecule has 186 valence electrons. The summed E-state index contributed by atoms with van der Waals surface area (Å²) in [5, 5.41) is 2.91. The highest BCUT2D eigenvalue weighted by Gasteiger charge is 2.30. The lowest BCUT2D eigenvalue weighted by molar-refractivity contribution is -0.139. The lowest BCUT2D eigenvalue weighted by atomic mass is 10.1. The van der Waals surface area contributed by atoms with Crippen LogP contribution in [-0.4, -0.2) is 63.7 Å². The van der Waals surface area contributed by atoms with Gasteiger partial charge in [0, 0.05) is 12.6 Å². The molecular formula is C25H35N3O5S. The minimum Gasteiger partial charge on any atom is -0.497 e. The average molecular weight is 490 g/mol. The molecule has 0 heterocycles. The van der Waals surface area contributed by atoms with Gasteiger partial charge in [-0.1, -0.05) is 37.3 Å². The molecule has 1 N–H and O–H groups in total. The first-order chi connectivity index (χ1) is 16.1. The highest BCUT2D eigenvalue weighted by molar-refractivity contribution is 7.92. The van der Waals surface area contributed by atoms with Crippen LogP contribution < -0.4 is 14.4 Å². The largest absolute Gasteiger partial charge is 0.497 e. The van der Waals surface area contributed by atoms with Gasteiger partial charge >= 0.3 is 0 Å². The number of carbonyl (C=O) groups excluding carboxylic acids is 2. The summed E-state index contributed by atoms with van der Waals surface area (Å²) in [5.41, 5.74) is 1.36. The van der Waals surface area contributed by atoms with Crippen LogP contribution in [0.15, 0.2) is 54.6 Å². The van der Waals surface area contributed by atoms with Gasteiger partial charge < -0.3 is 15.0 Å². The second-order valence-electron chi connectivity index (χ2n) is 8.28. The molecule has 0 aliphatic rings. The first kappa shape index (κ1) is 27.2. The van der Waals surface area contributed by atoms with E-state index in [9.17, 15) is 18.0 Å². The summed E-state index contributed by atoms with van der Waals surface area (Å²) >= 11 is 0. The van der Waals surface area contributed by atoms with Crippen molar-refractivity contribution in [1.29, 1.82) is 0 Å². The van der Waals surface area contributed by atoms with Gasteiger partial charge in [-0.15, -0.1) is 0 Å². The Balaban J connectivity index is 2.29. The van der Waals surface area contributed by atoms with E-state index in [0.29, 0.717) is 17.9 Å². The first-order valence-corrected chi connectivity index (χ1v) is 13.2. The minimum absolute atomic E-state index is 0.0344. The lowest BCUT2D eigenvalue weighted by Crippen LogP contribution is -2.53. The molecule has 0 fully saturated rings. The molecule has 0 aliphatic heterocycles. The van der Waals surface area contributed by atoms with Gasteiger partial charge in [0.25, 0.3) is 0 Å².